The van der Waals surface area contributed by atoms with Gasteiger partial charge in [-0.25, -0.2) is 0 Å². The van der Waals surface area contributed by atoms with Crippen LogP contribution in [0.1, 0.15) is 57.0 Å². The molecule has 0 heterocycles. The summed E-state index contributed by atoms with van der Waals surface area (Å²) in [5.74, 6) is -0.486. The van der Waals surface area contributed by atoms with E-state index in [0.29, 0.717) is 18.5 Å². The number of aryl methyl sites for hydroxylation is 1. The van der Waals surface area contributed by atoms with Gasteiger partial charge in [0.2, 0.25) is 5.91 Å². The monoisotopic (exact) mass is 348 g/mol. The van der Waals surface area contributed by atoms with Crippen LogP contribution >= 0.6 is 0 Å². The van der Waals surface area contributed by atoms with Crippen molar-refractivity contribution in [3.05, 3.63) is 35.4 Å². The van der Waals surface area contributed by atoms with Crippen LogP contribution in [0.2, 0.25) is 0 Å². The molecule has 5 nitrogen and oxygen atoms in total. The number of amides is 2. The molecule has 0 saturated heterocycles. The second-order valence-electron chi connectivity index (χ2n) is 8.00. The van der Waals surface area contributed by atoms with Crippen molar-refractivity contribution >= 4 is 11.8 Å². The van der Waals surface area contributed by atoms with Gasteiger partial charge in [0, 0.05) is 12.1 Å². The Morgan fingerprint density at radius 1 is 1.12 bits per heavy atom. The third kappa shape index (κ3) is 7.26. The second kappa shape index (κ2) is 8.99. The highest BCUT2D eigenvalue weighted by atomic mass is 16.3. The topological polar surface area (TPSA) is 78.4 Å². The Balaban J connectivity index is 2.71. The van der Waals surface area contributed by atoms with E-state index in [9.17, 15) is 14.7 Å². The molecule has 0 bridgehead atoms. The Morgan fingerprint density at radius 3 is 2.16 bits per heavy atom. The number of carbonyl (C=O) groups excluding carboxylic acids is 2. The first kappa shape index (κ1) is 21.2. The van der Waals surface area contributed by atoms with Crippen LogP contribution in [0.3, 0.4) is 0 Å². The summed E-state index contributed by atoms with van der Waals surface area (Å²) in [5, 5.41) is 15.3. The van der Waals surface area contributed by atoms with E-state index in [4.69, 9.17) is 0 Å². The first-order valence-corrected chi connectivity index (χ1v) is 8.85. The molecule has 0 aliphatic carbocycles. The lowest BCUT2D eigenvalue weighted by Gasteiger charge is -2.28. The van der Waals surface area contributed by atoms with Gasteiger partial charge in [0.25, 0.3) is 5.91 Å². The Bertz CT molecular complexity index is 577. The molecular weight excluding hydrogens is 316 g/mol. The Kier molecular flexibility index (Phi) is 7.61. The van der Waals surface area contributed by atoms with Gasteiger partial charge in [-0.2, -0.15) is 0 Å². The minimum atomic E-state index is -0.601. The van der Waals surface area contributed by atoms with Gasteiger partial charge in [0.05, 0.1) is 6.10 Å². The van der Waals surface area contributed by atoms with Crippen molar-refractivity contribution in [1.29, 1.82) is 0 Å². The predicted molar refractivity (Wildman–Crippen MR) is 100 cm³/mol. The van der Waals surface area contributed by atoms with Gasteiger partial charge in [-0.3, -0.25) is 9.59 Å². The van der Waals surface area contributed by atoms with Crippen molar-refractivity contribution in [3.63, 3.8) is 0 Å². The van der Waals surface area contributed by atoms with Crippen molar-refractivity contribution in [2.45, 2.75) is 60.1 Å². The first-order chi connectivity index (χ1) is 11.5. The van der Waals surface area contributed by atoms with Crippen molar-refractivity contribution in [1.82, 2.24) is 10.6 Å². The van der Waals surface area contributed by atoms with Gasteiger partial charge in [-0.05, 0) is 43.7 Å². The van der Waals surface area contributed by atoms with E-state index in [-0.39, 0.29) is 23.1 Å². The molecule has 2 atom stereocenters. The second-order valence-corrected chi connectivity index (χ2v) is 8.00. The quantitative estimate of drug-likeness (QED) is 0.676. The molecule has 2 unspecified atom stereocenters. The third-order valence-corrected chi connectivity index (χ3v) is 4.14. The molecule has 0 fully saturated rings. The summed E-state index contributed by atoms with van der Waals surface area (Å²) in [6.07, 6.45) is 0.170. The lowest BCUT2D eigenvalue weighted by Crippen LogP contribution is -2.51. The minimum absolute atomic E-state index is 0.0331. The molecule has 5 heteroatoms. The molecule has 2 amide bonds. The highest BCUT2D eigenvalue weighted by Gasteiger charge is 2.27. The first-order valence-electron chi connectivity index (χ1n) is 8.85. The van der Waals surface area contributed by atoms with Crippen LogP contribution in [-0.4, -0.2) is 35.6 Å². The normalized spacial score (nSPS) is 14.1. The van der Waals surface area contributed by atoms with E-state index < -0.39 is 12.1 Å². The number of carbonyl (C=O) groups is 2. The number of benzene rings is 1. The van der Waals surface area contributed by atoms with Crippen molar-refractivity contribution < 1.29 is 14.7 Å². The zero-order chi connectivity index (χ0) is 19.2. The van der Waals surface area contributed by atoms with Crippen LogP contribution in [0.25, 0.3) is 0 Å². The number of rotatable bonds is 8. The van der Waals surface area contributed by atoms with Crippen molar-refractivity contribution in [3.8, 4) is 0 Å². The minimum Gasteiger partial charge on any atom is -0.393 e. The SMILES string of the molecule is Cc1ccc(C(=O)NC(C(=O)NCC(C)(C)CC(C)O)C(C)C)cc1. The summed E-state index contributed by atoms with van der Waals surface area (Å²) < 4.78 is 0. The molecule has 0 aliphatic heterocycles. The zero-order valence-electron chi connectivity index (χ0n) is 16.2. The van der Waals surface area contributed by atoms with Gasteiger partial charge in [-0.1, -0.05) is 45.4 Å². The number of nitrogens with one attached hydrogen (secondary N) is 2. The molecule has 1 aromatic rings. The predicted octanol–water partition coefficient (Wildman–Crippen LogP) is 2.66. The van der Waals surface area contributed by atoms with Gasteiger partial charge in [0.15, 0.2) is 0 Å². The van der Waals surface area contributed by atoms with E-state index in [1.807, 2.05) is 46.8 Å². The van der Waals surface area contributed by atoms with Gasteiger partial charge < -0.3 is 15.7 Å². The standard InChI is InChI=1S/C20H32N2O3/c1-13(2)17(19(25)21-12-20(5,6)11-15(4)23)22-18(24)16-9-7-14(3)8-10-16/h7-10,13,15,17,23H,11-12H2,1-6H3,(H,21,25)(H,22,24). The maximum absolute atomic E-state index is 12.5. The summed E-state index contributed by atoms with van der Waals surface area (Å²) in [5.41, 5.74) is 1.40. The van der Waals surface area contributed by atoms with Crippen LogP contribution in [0.15, 0.2) is 24.3 Å². The molecule has 0 spiro atoms. The third-order valence-electron chi connectivity index (χ3n) is 4.14. The number of hydrogen-bond acceptors (Lipinski definition) is 3. The number of aliphatic hydroxyl groups excluding tert-OH is 1. The average molecular weight is 348 g/mol. The fraction of sp³-hybridized carbons (Fsp3) is 0.600. The molecule has 1 rings (SSSR count). The highest BCUT2D eigenvalue weighted by Crippen LogP contribution is 2.21. The number of aliphatic hydroxyl groups is 1. The van der Waals surface area contributed by atoms with E-state index in [0.717, 1.165) is 5.56 Å². The number of hydrogen-bond donors (Lipinski definition) is 3. The molecule has 0 radical (unpaired) electrons. The maximum Gasteiger partial charge on any atom is 0.251 e. The molecule has 25 heavy (non-hydrogen) atoms. The summed E-state index contributed by atoms with van der Waals surface area (Å²) in [6, 6.07) is 6.66. The maximum atomic E-state index is 12.5. The molecule has 1 aromatic carbocycles. The van der Waals surface area contributed by atoms with Crippen LogP contribution in [0.4, 0.5) is 0 Å². The van der Waals surface area contributed by atoms with Crippen LogP contribution < -0.4 is 10.6 Å². The smallest absolute Gasteiger partial charge is 0.251 e. The van der Waals surface area contributed by atoms with E-state index in [1.165, 1.54) is 0 Å². The molecular formula is C20H32N2O3. The summed E-state index contributed by atoms with van der Waals surface area (Å²) in [4.78, 5) is 24.9. The molecule has 0 aliphatic rings. The van der Waals surface area contributed by atoms with E-state index >= 15 is 0 Å². The van der Waals surface area contributed by atoms with Crippen molar-refractivity contribution in [2.75, 3.05) is 6.54 Å². The summed E-state index contributed by atoms with van der Waals surface area (Å²) >= 11 is 0. The van der Waals surface area contributed by atoms with Crippen LogP contribution in [0.5, 0.6) is 0 Å². The Morgan fingerprint density at radius 2 is 1.68 bits per heavy atom. The average Bonchev–Trinajstić information content (AvgIpc) is 2.49. The van der Waals surface area contributed by atoms with E-state index in [2.05, 4.69) is 10.6 Å². The highest BCUT2D eigenvalue weighted by molar-refractivity contribution is 5.97. The fourth-order valence-electron chi connectivity index (χ4n) is 2.77. The Hall–Kier alpha value is -1.88. The summed E-state index contributed by atoms with van der Waals surface area (Å²) in [7, 11) is 0. The summed E-state index contributed by atoms with van der Waals surface area (Å²) in [6.45, 7) is 11.9. The lowest BCUT2D eigenvalue weighted by molar-refractivity contribution is -0.124. The van der Waals surface area contributed by atoms with Gasteiger partial charge in [0.1, 0.15) is 6.04 Å². The lowest BCUT2D eigenvalue weighted by atomic mass is 9.87. The fourth-order valence-corrected chi connectivity index (χ4v) is 2.77. The molecule has 0 saturated carbocycles. The molecule has 3 N–H and O–H groups in total. The van der Waals surface area contributed by atoms with Crippen LogP contribution in [0, 0.1) is 18.3 Å². The van der Waals surface area contributed by atoms with Gasteiger partial charge >= 0.3 is 0 Å². The van der Waals surface area contributed by atoms with E-state index in [1.54, 1.807) is 19.1 Å². The molecule has 0 aromatic heterocycles. The van der Waals surface area contributed by atoms with Gasteiger partial charge in [-0.15, -0.1) is 0 Å². The molecule has 140 valence electrons. The van der Waals surface area contributed by atoms with Crippen molar-refractivity contribution in [2.24, 2.45) is 11.3 Å². The largest absolute Gasteiger partial charge is 0.393 e. The van der Waals surface area contributed by atoms with Crippen LogP contribution in [-0.2, 0) is 4.79 Å². The Labute approximate surface area is 151 Å². The zero-order valence-corrected chi connectivity index (χ0v) is 16.2.